The number of rotatable bonds is 7. The second-order valence-corrected chi connectivity index (χ2v) is 8.98. The normalized spacial score (nSPS) is 15.5. The number of aromatic nitrogens is 1. The fourth-order valence-corrected chi connectivity index (χ4v) is 5.09. The minimum atomic E-state index is 0.0991. The largest absolute Gasteiger partial charge is 0.346 e. The van der Waals surface area contributed by atoms with Gasteiger partial charge in [0.05, 0.1) is 5.52 Å². The monoisotopic (exact) mass is 466 g/mol. The maximum atomic E-state index is 12.7. The third-order valence-corrected chi connectivity index (χ3v) is 6.76. The number of carbonyl (C=O) groups is 2. The highest BCUT2D eigenvalue weighted by Crippen LogP contribution is 2.29. The van der Waals surface area contributed by atoms with Crippen LogP contribution in [-0.2, 0) is 6.54 Å². The number of halogens is 1. The Morgan fingerprint density at radius 2 is 1.73 bits per heavy atom. The number of fused-ring (bicyclic) bond motifs is 1. The summed E-state index contributed by atoms with van der Waals surface area (Å²) in [5, 5.41) is 1.01. The van der Waals surface area contributed by atoms with Crippen LogP contribution in [0.25, 0.3) is 10.9 Å². The number of carbonyl (C=O) groups excluding carboxylic acids is 2. The first-order valence-electron chi connectivity index (χ1n) is 10.6. The van der Waals surface area contributed by atoms with Gasteiger partial charge in [-0.1, -0.05) is 42.5 Å². The first-order valence-corrected chi connectivity index (χ1v) is 11.4. The highest BCUT2D eigenvalue weighted by Gasteiger charge is 2.25. The van der Waals surface area contributed by atoms with Gasteiger partial charge in [-0.25, -0.2) is 0 Å². The number of benzene rings is 2. The van der Waals surface area contributed by atoms with Crippen LogP contribution < -0.4 is 0 Å². The van der Waals surface area contributed by atoms with Gasteiger partial charge in [-0.2, -0.15) is 0 Å². The average molecular weight is 467 g/mol. The van der Waals surface area contributed by atoms with Crippen LogP contribution in [0.5, 0.6) is 0 Å². The zero-order valence-corrected chi connectivity index (χ0v) is 18.9. The summed E-state index contributed by atoms with van der Waals surface area (Å²) in [4.78, 5) is 27.2. The van der Waals surface area contributed by atoms with Gasteiger partial charge in [0.2, 0.25) is 0 Å². The summed E-state index contributed by atoms with van der Waals surface area (Å²) in [6.07, 6.45) is 4.86. The fraction of sp³-hybridized carbons (Fsp3) is 0.360. The van der Waals surface area contributed by atoms with Crippen molar-refractivity contribution >= 4 is 38.4 Å². The van der Waals surface area contributed by atoms with Crippen LogP contribution in [0.4, 0.5) is 0 Å². The summed E-state index contributed by atoms with van der Waals surface area (Å²) in [5.74, 6) is 0.531. The number of Topliss-reactive ketones (excluding diaryl/α,β-unsaturated/α-hetero) is 2. The molecule has 0 aliphatic carbocycles. The summed E-state index contributed by atoms with van der Waals surface area (Å²) in [5.41, 5.74) is 2.71. The van der Waals surface area contributed by atoms with Crippen molar-refractivity contribution in [3.63, 3.8) is 0 Å². The number of aryl methyl sites for hydroxylation is 1. The lowest BCUT2D eigenvalue weighted by Crippen LogP contribution is -2.37. The van der Waals surface area contributed by atoms with Crippen molar-refractivity contribution in [3.8, 4) is 0 Å². The Morgan fingerprint density at radius 1 is 1.00 bits per heavy atom. The summed E-state index contributed by atoms with van der Waals surface area (Å²) in [7, 11) is 0. The fourth-order valence-electron chi connectivity index (χ4n) is 4.49. The maximum absolute atomic E-state index is 12.7. The molecule has 156 valence electrons. The van der Waals surface area contributed by atoms with Crippen molar-refractivity contribution in [3.05, 3.63) is 70.3 Å². The molecule has 2 heterocycles. The molecule has 2 aromatic carbocycles. The molecular formula is C25H27BrN2O2. The molecule has 0 radical (unpaired) electrons. The maximum Gasteiger partial charge on any atom is 0.166 e. The zero-order valence-electron chi connectivity index (χ0n) is 17.3. The Kier molecular flexibility index (Phi) is 6.49. The minimum Gasteiger partial charge on any atom is -0.346 e. The highest BCUT2D eigenvalue weighted by molar-refractivity contribution is 9.10. The zero-order chi connectivity index (χ0) is 21.1. The third-order valence-electron chi connectivity index (χ3n) is 6.12. The topological polar surface area (TPSA) is 42.3 Å². The molecule has 0 unspecified atom stereocenters. The number of ketones is 2. The highest BCUT2D eigenvalue weighted by atomic mass is 79.9. The van der Waals surface area contributed by atoms with Crippen molar-refractivity contribution in [1.29, 1.82) is 0 Å². The molecule has 0 bridgehead atoms. The predicted molar refractivity (Wildman–Crippen MR) is 124 cm³/mol. The third kappa shape index (κ3) is 4.42. The van der Waals surface area contributed by atoms with E-state index in [0.717, 1.165) is 71.9 Å². The molecule has 3 aromatic rings. The van der Waals surface area contributed by atoms with Crippen LogP contribution in [0.2, 0.25) is 0 Å². The quantitative estimate of drug-likeness (QED) is 0.426. The molecule has 0 amide bonds. The molecule has 30 heavy (non-hydrogen) atoms. The molecule has 1 aromatic heterocycles. The Bertz CT molecular complexity index is 1050. The minimum absolute atomic E-state index is 0.0991. The van der Waals surface area contributed by atoms with E-state index in [9.17, 15) is 9.59 Å². The number of likely N-dealkylation sites (tertiary alicyclic amines) is 1. The van der Waals surface area contributed by atoms with Gasteiger partial charge in [0.15, 0.2) is 11.6 Å². The van der Waals surface area contributed by atoms with Crippen LogP contribution in [0.15, 0.2) is 59.2 Å². The van der Waals surface area contributed by atoms with Crippen molar-refractivity contribution in [2.75, 3.05) is 19.6 Å². The Morgan fingerprint density at radius 3 is 2.43 bits per heavy atom. The van der Waals surface area contributed by atoms with Crippen LogP contribution in [0.3, 0.4) is 0 Å². The van der Waals surface area contributed by atoms with Crippen LogP contribution >= 0.6 is 15.9 Å². The van der Waals surface area contributed by atoms with E-state index in [1.54, 1.807) is 6.92 Å². The van der Waals surface area contributed by atoms with Crippen molar-refractivity contribution in [2.45, 2.75) is 32.7 Å². The van der Waals surface area contributed by atoms with Gasteiger partial charge in [0.25, 0.3) is 0 Å². The van der Waals surface area contributed by atoms with E-state index >= 15 is 0 Å². The molecule has 1 fully saturated rings. The van der Waals surface area contributed by atoms with Gasteiger partial charge >= 0.3 is 0 Å². The van der Waals surface area contributed by atoms with Crippen LogP contribution in [0, 0.1) is 5.92 Å². The molecule has 1 aliphatic heterocycles. The molecule has 0 N–H and O–H groups in total. The Hall–Kier alpha value is -2.24. The van der Waals surface area contributed by atoms with Gasteiger partial charge in [-0.3, -0.25) is 9.59 Å². The molecule has 0 saturated carbocycles. The first-order chi connectivity index (χ1) is 14.5. The van der Waals surface area contributed by atoms with Crippen molar-refractivity contribution < 1.29 is 9.59 Å². The van der Waals surface area contributed by atoms with Gasteiger partial charge in [0, 0.05) is 39.6 Å². The standard InChI is InChI=1S/C25H27BrN2O2/c1-18(29)22-17-28(24-21(22)9-5-10-23(24)26)14-6-13-27-15-11-20(12-16-27)25(30)19-7-3-2-4-8-19/h2-5,7-10,17,20H,6,11-16H2,1H3. The molecule has 1 aliphatic rings. The van der Waals surface area contributed by atoms with Crippen molar-refractivity contribution in [1.82, 2.24) is 9.47 Å². The molecule has 4 rings (SSSR count). The van der Waals surface area contributed by atoms with E-state index < -0.39 is 0 Å². The van der Waals surface area contributed by atoms with E-state index in [-0.39, 0.29) is 17.5 Å². The number of nitrogens with zero attached hydrogens (tertiary/aromatic N) is 2. The molecule has 0 spiro atoms. The van der Waals surface area contributed by atoms with Gasteiger partial charge in [0.1, 0.15) is 0 Å². The van der Waals surface area contributed by atoms with E-state index in [2.05, 4.69) is 25.4 Å². The lowest BCUT2D eigenvalue weighted by molar-refractivity contribution is 0.0838. The molecule has 1 saturated heterocycles. The van der Waals surface area contributed by atoms with E-state index in [0.29, 0.717) is 0 Å². The van der Waals surface area contributed by atoms with E-state index in [4.69, 9.17) is 0 Å². The summed E-state index contributed by atoms with van der Waals surface area (Å²) >= 11 is 3.64. The number of hydrogen-bond donors (Lipinski definition) is 0. The van der Waals surface area contributed by atoms with E-state index in [1.807, 2.05) is 54.7 Å². The second kappa shape index (κ2) is 9.27. The number of hydrogen-bond acceptors (Lipinski definition) is 3. The second-order valence-electron chi connectivity index (χ2n) is 8.13. The molecule has 0 atom stereocenters. The number of piperidine rings is 1. The van der Waals surface area contributed by atoms with Gasteiger partial charge in [-0.05, 0) is 67.8 Å². The lowest BCUT2D eigenvalue weighted by Gasteiger charge is -2.31. The summed E-state index contributed by atoms with van der Waals surface area (Å²) < 4.78 is 3.22. The summed E-state index contributed by atoms with van der Waals surface area (Å²) in [6, 6.07) is 15.7. The summed E-state index contributed by atoms with van der Waals surface area (Å²) in [6.45, 7) is 5.44. The SMILES string of the molecule is CC(=O)c1cn(CCCN2CCC(C(=O)c3ccccc3)CC2)c2c(Br)cccc12. The van der Waals surface area contributed by atoms with E-state index in [1.165, 1.54) is 0 Å². The lowest BCUT2D eigenvalue weighted by atomic mass is 9.89. The Labute approximate surface area is 186 Å². The smallest absolute Gasteiger partial charge is 0.166 e. The van der Waals surface area contributed by atoms with Gasteiger partial charge < -0.3 is 9.47 Å². The van der Waals surface area contributed by atoms with Gasteiger partial charge in [-0.15, -0.1) is 0 Å². The molecule has 4 nitrogen and oxygen atoms in total. The van der Waals surface area contributed by atoms with Crippen molar-refractivity contribution in [2.24, 2.45) is 5.92 Å². The molecule has 5 heteroatoms. The first kappa shape index (κ1) is 21.0. The van der Waals surface area contributed by atoms with Crippen LogP contribution in [-0.4, -0.2) is 40.7 Å². The van der Waals surface area contributed by atoms with Crippen LogP contribution in [0.1, 0.15) is 46.9 Å². The molecular weight excluding hydrogens is 440 g/mol. The predicted octanol–water partition coefficient (Wildman–Crippen LogP) is 5.59. The average Bonchev–Trinajstić information content (AvgIpc) is 3.15. The number of para-hydroxylation sites is 1. The Balaban J connectivity index is 1.33.